The molecule has 1 amide bonds. The van der Waals surface area contributed by atoms with E-state index in [0.29, 0.717) is 18.2 Å². The van der Waals surface area contributed by atoms with Gasteiger partial charge in [0.05, 0.1) is 11.1 Å². The minimum absolute atomic E-state index is 0.173. The van der Waals surface area contributed by atoms with Crippen molar-refractivity contribution in [2.24, 2.45) is 0 Å². The average molecular weight is 235 g/mol. The Morgan fingerprint density at radius 3 is 2.50 bits per heavy atom. The van der Waals surface area contributed by atoms with Crippen molar-refractivity contribution >= 4 is 5.91 Å². The van der Waals surface area contributed by atoms with Crippen LogP contribution >= 0.6 is 0 Å². The summed E-state index contributed by atoms with van der Waals surface area (Å²) in [6, 6.07) is 1.80. The van der Waals surface area contributed by atoms with Gasteiger partial charge in [0.15, 0.2) is 0 Å². The van der Waals surface area contributed by atoms with Crippen LogP contribution in [0.3, 0.4) is 0 Å². The number of nitrogens with one attached hydrogen (secondary N) is 1. The molecule has 0 unspecified atom stereocenters. The lowest BCUT2D eigenvalue weighted by molar-refractivity contribution is -0.138. The topological polar surface area (TPSA) is 29.1 Å². The molecule has 1 aromatic rings. The van der Waals surface area contributed by atoms with Crippen molar-refractivity contribution < 1.29 is 22.4 Å². The second kappa shape index (κ2) is 4.51. The van der Waals surface area contributed by atoms with E-state index in [9.17, 15) is 22.4 Å². The predicted octanol–water partition coefficient (Wildman–Crippen LogP) is 2.59. The van der Waals surface area contributed by atoms with Crippen LogP contribution in [0.4, 0.5) is 17.6 Å². The van der Waals surface area contributed by atoms with Gasteiger partial charge in [-0.2, -0.15) is 13.2 Å². The van der Waals surface area contributed by atoms with Crippen molar-refractivity contribution in [2.45, 2.75) is 13.1 Å². The smallest absolute Gasteiger partial charge is 0.352 e. The number of carbonyl (C=O) groups excluding carboxylic acids is 1. The van der Waals surface area contributed by atoms with Crippen LogP contribution in [-0.2, 0) is 6.18 Å². The van der Waals surface area contributed by atoms with Crippen molar-refractivity contribution in [3.63, 3.8) is 0 Å². The molecule has 0 spiro atoms. The number of hydrogen-bond donors (Lipinski definition) is 1. The summed E-state index contributed by atoms with van der Waals surface area (Å²) in [5.74, 6) is -1.82. The number of hydrogen-bond acceptors (Lipinski definition) is 1. The van der Waals surface area contributed by atoms with Crippen LogP contribution in [0.1, 0.15) is 22.8 Å². The van der Waals surface area contributed by atoms with Crippen LogP contribution in [0.25, 0.3) is 0 Å². The molecule has 1 aromatic carbocycles. The number of halogens is 4. The van der Waals surface area contributed by atoms with Crippen LogP contribution in [0, 0.1) is 5.82 Å². The Bertz CT molecular complexity index is 400. The third kappa shape index (κ3) is 2.71. The predicted molar refractivity (Wildman–Crippen MR) is 49.4 cm³/mol. The quantitative estimate of drug-likeness (QED) is 0.784. The monoisotopic (exact) mass is 235 g/mol. The van der Waals surface area contributed by atoms with E-state index in [1.807, 2.05) is 0 Å². The summed E-state index contributed by atoms with van der Waals surface area (Å²) < 4.78 is 50.2. The Hall–Kier alpha value is -1.59. The van der Waals surface area contributed by atoms with Gasteiger partial charge in [0.1, 0.15) is 5.82 Å². The van der Waals surface area contributed by atoms with Crippen molar-refractivity contribution in [3.8, 4) is 0 Å². The van der Waals surface area contributed by atoms with Gasteiger partial charge >= 0.3 is 6.18 Å². The molecular formula is C10H9F4NO. The van der Waals surface area contributed by atoms with Gasteiger partial charge in [-0.1, -0.05) is 0 Å². The van der Waals surface area contributed by atoms with Crippen molar-refractivity contribution in [3.05, 3.63) is 35.1 Å². The first-order valence-electron chi connectivity index (χ1n) is 4.51. The lowest BCUT2D eigenvalue weighted by atomic mass is 10.1. The summed E-state index contributed by atoms with van der Waals surface area (Å²) in [4.78, 5) is 11.3. The van der Waals surface area contributed by atoms with Crippen molar-refractivity contribution in [2.75, 3.05) is 6.54 Å². The highest BCUT2D eigenvalue weighted by molar-refractivity contribution is 5.95. The minimum Gasteiger partial charge on any atom is -0.352 e. The Morgan fingerprint density at radius 2 is 2.00 bits per heavy atom. The number of benzene rings is 1. The molecule has 0 fully saturated rings. The number of rotatable bonds is 2. The lowest BCUT2D eigenvalue weighted by Crippen LogP contribution is -2.26. The largest absolute Gasteiger partial charge is 0.417 e. The van der Waals surface area contributed by atoms with E-state index in [1.54, 1.807) is 6.92 Å². The minimum atomic E-state index is -4.67. The highest BCUT2D eigenvalue weighted by atomic mass is 19.4. The van der Waals surface area contributed by atoms with E-state index in [-0.39, 0.29) is 6.54 Å². The molecule has 0 saturated carbocycles. The molecule has 0 heterocycles. The fraction of sp³-hybridized carbons (Fsp3) is 0.300. The SMILES string of the molecule is CCNC(=O)c1cc(F)ccc1C(F)(F)F. The molecular weight excluding hydrogens is 226 g/mol. The van der Waals surface area contributed by atoms with Gasteiger partial charge < -0.3 is 5.32 Å². The van der Waals surface area contributed by atoms with E-state index in [2.05, 4.69) is 5.32 Å². The summed E-state index contributed by atoms with van der Waals surface area (Å²) in [6.07, 6.45) is -4.67. The van der Waals surface area contributed by atoms with E-state index in [0.717, 1.165) is 0 Å². The van der Waals surface area contributed by atoms with Gasteiger partial charge in [-0.05, 0) is 25.1 Å². The Morgan fingerprint density at radius 1 is 1.38 bits per heavy atom. The molecule has 88 valence electrons. The first kappa shape index (κ1) is 12.5. The van der Waals surface area contributed by atoms with Crippen LogP contribution in [0.2, 0.25) is 0 Å². The lowest BCUT2D eigenvalue weighted by Gasteiger charge is -2.12. The highest BCUT2D eigenvalue weighted by Gasteiger charge is 2.35. The van der Waals surface area contributed by atoms with Gasteiger partial charge in [-0.3, -0.25) is 4.79 Å². The zero-order chi connectivity index (χ0) is 12.3. The van der Waals surface area contributed by atoms with E-state index in [4.69, 9.17) is 0 Å². The summed E-state index contributed by atoms with van der Waals surface area (Å²) in [7, 11) is 0. The van der Waals surface area contributed by atoms with Gasteiger partial charge in [0, 0.05) is 6.54 Å². The molecule has 1 rings (SSSR count). The third-order valence-electron chi connectivity index (χ3n) is 1.87. The molecule has 0 aliphatic heterocycles. The van der Waals surface area contributed by atoms with E-state index in [1.165, 1.54) is 0 Å². The first-order valence-corrected chi connectivity index (χ1v) is 4.51. The molecule has 0 saturated heterocycles. The van der Waals surface area contributed by atoms with Gasteiger partial charge in [-0.15, -0.1) is 0 Å². The standard InChI is InChI=1S/C10H9F4NO/c1-2-15-9(16)7-5-6(11)3-4-8(7)10(12,13)14/h3-5H,2H2,1H3,(H,15,16). The summed E-state index contributed by atoms with van der Waals surface area (Å²) >= 11 is 0. The molecule has 0 atom stereocenters. The maximum absolute atomic E-state index is 12.8. The molecule has 1 N–H and O–H groups in total. The second-order valence-corrected chi connectivity index (χ2v) is 3.05. The van der Waals surface area contributed by atoms with Crippen LogP contribution in [0.5, 0.6) is 0 Å². The normalized spacial score (nSPS) is 11.3. The fourth-order valence-electron chi connectivity index (χ4n) is 1.21. The summed E-state index contributed by atoms with van der Waals surface area (Å²) in [5, 5.41) is 2.20. The molecule has 0 aromatic heterocycles. The van der Waals surface area contributed by atoms with Crippen LogP contribution < -0.4 is 5.32 Å². The summed E-state index contributed by atoms with van der Waals surface area (Å²) in [6.45, 7) is 1.73. The Balaban J connectivity index is 3.24. The van der Waals surface area contributed by atoms with Gasteiger partial charge in [-0.25, -0.2) is 4.39 Å². The molecule has 6 heteroatoms. The number of alkyl halides is 3. The van der Waals surface area contributed by atoms with Crippen molar-refractivity contribution in [1.82, 2.24) is 5.32 Å². The average Bonchev–Trinajstić information content (AvgIpc) is 2.16. The molecule has 16 heavy (non-hydrogen) atoms. The Kier molecular flexibility index (Phi) is 3.51. The number of amides is 1. The van der Waals surface area contributed by atoms with Gasteiger partial charge in [0.25, 0.3) is 5.91 Å². The summed E-state index contributed by atoms with van der Waals surface area (Å²) in [5.41, 5.74) is -1.84. The van der Waals surface area contributed by atoms with E-state index >= 15 is 0 Å². The molecule has 2 nitrogen and oxygen atoms in total. The number of carbonyl (C=O) groups is 1. The first-order chi connectivity index (χ1) is 7.36. The maximum Gasteiger partial charge on any atom is 0.417 e. The molecule has 0 aliphatic carbocycles. The van der Waals surface area contributed by atoms with Crippen LogP contribution in [-0.4, -0.2) is 12.5 Å². The zero-order valence-electron chi connectivity index (χ0n) is 8.36. The third-order valence-corrected chi connectivity index (χ3v) is 1.87. The molecule has 0 aliphatic rings. The molecule has 0 bridgehead atoms. The van der Waals surface area contributed by atoms with Gasteiger partial charge in [0.2, 0.25) is 0 Å². The fourth-order valence-corrected chi connectivity index (χ4v) is 1.21. The van der Waals surface area contributed by atoms with Crippen LogP contribution in [0.15, 0.2) is 18.2 Å². The molecule has 0 radical (unpaired) electrons. The zero-order valence-corrected chi connectivity index (χ0v) is 8.36. The van der Waals surface area contributed by atoms with Crippen molar-refractivity contribution in [1.29, 1.82) is 0 Å². The maximum atomic E-state index is 12.8. The van der Waals surface area contributed by atoms with E-state index < -0.39 is 29.0 Å². The highest BCUT2D eigenvalue weighted by Crippen LogP contribution is 2.32. The second-order valence-electron chi connectivity index (χ2n) is 3.05. The Labute approximate surface area is 89.3 Å².